The number of likely N-dealkylation sites (N-methyl/N-ethyl adjacent to an activating group) is 1. The molecule has 1 unspecified atom stereocenters. The first-order chi connectivity index (χ1) is 14.8. The van der Waals surface area contributed by atoms with Crippen LogP contribution in [-0.4, -0.2) is 32.9 Å². The van der Waals surface area contributed by atoms with Crippen molar-refractivity contribution in [2.24, 2.45) is 0 Å². The summed E-state index contributed by atoms with van der Waals surface area (Å²) in [4.78, 5) is 26.7. The summed E-state index contributed by atoms with van der Waals surface area (Å²) in [7, 11) is -3.67. The lowest BCUT2D eigenvalue weighted by Gasteiger charge is -2.24. The lowest BCUT2D eigenvalue weighted by atomic mass is 10.2. The van der Waals surface area contributed by atoms with Crippen LogP contribution < -0.4 is 9.62 Å². The molecule has 0 aliphatic rings. The molecular weight excluding hydrogens is 436 g/mol. The monoisotopic (exact) mass is 458 g/mol. The van der Waals surface area contributed by atoms with Crippen molar-refractivity contribution >= 4 is 44.6 Å². The standard InChI is InChI=1S/C22H22N2O5S2/c1-3-24(19-8-5-4-6-9-19)21(25)16(2)29-22(26)17-11-13-18(14-12-17)23-31(27,28)20-10-7-15-30-20/h4-16,23H,3H2,1-2H3. The Balaban J connectivity index is 1.64. The van der Waals surface area contributed by atoms with Gasteiger partial charge in [0.25, 0.3) is 15.9 Å². The Bertz CT molecular complexity index is 1130. The van der Waals surface area contributed by atoms with Crippen LogP contribution in [0.15, 0.2) is 76.3 Å². The van der Waals surface area contributed by atoms with Crippen molar-refractivity contribution in [3.63, 3.8) is 0 Å². The maximum atomic E-state index is 12.7. The number of rotatable bonds is 8. The third-order valence-corrected chi connectivity index (χ3v) is 7.19. The predicted octanol–water partition coefficient (Wildman–Crippen LogP) is 4.15. The van der Waals surface area contributed by atoms with Crippen LogP contribution in [0.4, 0.5) is 11.4 Å². The Kier molecular flexibility index (Phi) is 7.09. The van der Waals surface area contributed by atoms with Crippen LogP contribution in [0, 0.1) is 0 Å². The number of thiophene rings is 1. The molecule has 31 heavy (non-hydrogen) atoms. The van der Waals surface area contributed by atoms with Gasteiger partial charge < -0.3 is 9.64 Å². The normalized spacial score (nSPS) is 12.1. The summed E-state index contributed by atoms with van der Waals surface area (Å²) in [6.07, 6.45) is -0.982. The van der Waals surface area contributed by atoms with E-state index < -0.39 is 22.1 Å². The minimum absolute atomic E-state index is 0.196. The lowest BCUT2D eigenvalue weighted by molar-refractivity contribution is -0.126. The zero-order valence-corrected chi connectivity index (χ0v) is 18.7. The number of amides is 1. The van der Waals surface area contributed by atoms with Crippen LogP contribution in [0.3, 0.4) is 0 Å². The van der Waals surface area contributed by atoms with Gasteiger partial charge in [-0.3, -0.25) is 9.52 Å². The van der Waals surface area contributed by atoms with Gasteiger partial charge in [0.1, 0.15) is 4.21 Å². The maximum absolute atomic E-state index is 12.7. The molecule has 1 N–H and O–H groups in total. The molecular formula is C22H22N2O5S2. The van der Waals surface area contributed by atoms with Gasteiger partial charge in [0.15, 0.2) is 6.10 Å². The van der Waals surface area contributed by atoms with E-state index in [9.17, 15) is 18.0 Å². The minimum Gasteiger partial charge on any atom is -0.449 e. The van der Waals surface area contributed by atoms with Crippen LogP contribution in [0.25, 0.3) is 0 Å². The first-order valence-corrected chi connectivity index (χ1v) is 11.9. The molecule has 1 aromatic heterocycles. The quantitative estimate of drug-likeness (QED) is 0.512. The summed E-state index contributed by atoms with van der Waals surface area (Å²) in [5.74, 6) is -1.000. The summed E-state index contributed by atoms with van der Waals surface area (Å²) in [5, 5.41) is 1.67. The van der Waals surface area contributed by atoms with Gasteiger partial charge >= 0.3 is 5.97 Å². The zero-order chi connectivity index (χ0) is 22.4. The largest absolute Gasteiger partial charge is 0.449 e. The molecule has 3 aromatic rings. The third kappa shape index (κ3) is 5.50. The van der Waals surface area contributed by atoms with E-state index in [1.807, 2.05) is 37.3 Å². The number of benzene rings is 2. The molecule has 0 spiro atoms. The first-order valence-electron chi connectivity index (χ1n) is 9.55. The molecule has 3 rings (SSSR count). The molecule has 7 nitrogen and oxygen atoms in total. The molecule has 9 heteroatoms. The topological polar surface area (TPSA) is 92.8 Å². The Morgan fingerprint density at radius 3 is 2.29 bits per heavy atom. The van der Waals surface area contributed by atoms with Gasteiger partial charge in [-0.05, 0) is 61.7 Å². The number of ether oxygens (including phenoxy) is 1. The van der Waals surface area contributed by atoms with Gasteiger partial charge in [-0.25, -0.2) is 13.2 Å². The van der Waals surface area contributed by atoms with Crippen molar-refractivity contribution in [1.82, 2.24) is 0 Å². The van der Waals surface area contributed by atoms with Crippen molar-refractivity contribution in [3.05, 3.63) is 77.7 Å². The Morgan fingerprint density at radius 2 is 1.71 bits per heavy atom. The molecule has 1 heterocycles. The summed E-state index contributed by atoms with van der Waals surface area (Å²) >= 11 is 1.11. The van der Waals surface area contributed by atoms with E-state index in [-0.39, 0.29) is 15.7 Å². The number of carbonyl (C=O) groups excluding carboxylic acids is 2. The number of anilines is 2. The molecule has 0 saturated heterocycles. The Hall–Kier alpha value is -3.17. The number of para-hydroxylation sites is 1. The van der Waals surface area contributed by atoms with Gasteiger partial charge in [0.2, 0.25) is 0 Å². The second-order valence-corrected chi connectivity index (χ2v) is 9.44. The number of nitrogens with zero attached hydrogens (tertiary/aromatic N) is 1. The lowest BCUT2D eigenvalue weighted by Crippen LogP contribution is -2.40. The van der Waals surface area contributed by atoms with Crippen LogP contribution in [0.2, 0.25) is 0 Å². The fourth-order valence-electron chi connectivity index (χ4n) is 2.87. The van der Waals surface area contributed by atoms with E-state index in [2.05, 4.69) is 4.72 Å². The van der Waals surface area contributed by atoms with Crippen molar-refractivity contribution in [2.75, 3.05) is 16.2 Å². The van der Waals surface area contributed by atoms with E-state index in [4.69, 9.17) is 4.74 Å². The number of esters is 1. The van der Waals surface area contributed by atoms with Gasteiger partial charge in [-0.1, -0.05) is 24.3 Å². The fraction of sp³-hybridized carbons (Fsp3) is 0.182. The van der Waals surface area contributed by atoms with Gasteiger partial charge in [0, 0.05) is 17.9 Å². The van der Waals surface area contributed by atoms with Crippen molar-refractivity contribution in [2.45, 2.75) is 24.2 Å². The zero-order valence-electron chi connectivity index (χ0n) is 17.0. The summed E-state index contributed by atoms with van der Waals surface area (Å²) in [5.41, 5.74) is 1.25. The Morgan fingerprint density at radius 1 is 1.03 bits per heavy atom. The molecule has 0 aliphatic heterocycles. The number of carbonyl (C=O) groups is 2. The van der Waals surface area contributed by atoms with E-state index in [0.29, 0.717) is 12.2 Å². The van der Waals surface area contributed by atoms with Crippen molar-refractivity contribution in [1.29, 1.82) is 0 Å². The molecule has 1 atom stereocenters. The molecule has 162 valence electrons. The highest BCUT2D eigenvalue weighted by molar-refractivity contribution is 7.94. The summed E-state index contributed by atoms with van der Waals surface area (Å²) in [6.45, 7) is 3.80. The van der Waals surface area contributed by atoms with E-state index in [1.165, 1.54) is 37.3 Å². The molecule has 0 radical (unpaired) electrons. The Labute approximate surface area is 185 Å². The second kappa shape index (κ2) is 9.76. The van der Waals surface area contributed by atoms with Gasteiger partial charge in [-0.15, -0.1) is 11.3 Å². The van der Waals surface area contributed by atoms with Gasteiger partial charge in [0.05, 0.1) is 5.56 Å². The first kappa shape index (κ1) is 22.5. The van der Waals surface area contributed by atoms with E-state index in [0.717, 1.165) is 17.0 Å². The second-order valence-electron chi connectivity index (χ2n) is 6.58. The van der Waals surface area contributed by atoms with E-state index >= 15 is 0 Å². The molecule has 0 fully saturated rings. The highest BCUT2D eigenvalue weighted by atomic mass is 32.2. The maximum Gasteiger partial charge on any atom is 0.338 e. The van der Waals surface area contributed by atoms with Gasteiger partial charge in [-0.2, -0.15) is 0 Å². The number of sulfonamides is 1. The molecule has 0 bridgehead atoms. The van der Waals surface area contributed by atoms with Crippen molar-refractivity contribution in [3.8, 4) is 0 Å². The number of nitrogens with one attached hydrogen (secondary N) is 1. The van der Waals surface area contributed by atoms with E-state index in [1.54, 1.807) is 16.3 Å². The van der Waals surface area contributed by atoms with Crippen LogP contribution >= 0.6 is 11.3 Å². The smallest absolute Gasteiger partial charge is 0.338 e. The summed E-state index contributed by atoms with van der Waals surface area (Å²) < 4.78 is 32.5. The number of hydrogen-bond acceptors (Lipinski definition) is 6. The fourth-order valence-corrected chi connectivity index (χ4v) is 4.92. The average Bonchev–Trinajstić information content (AvgIpc) is 3.31. The molecule has 0 aliphatic carbocycles. The highest BCUT2D eigenvalue weighted by Gasteiger charge is 2.24. The molecule has 2 aromatic carbocycles. The minimum atomic E-state index is -3.67. The molecule has 1 amide bonds. The van der Waals surface area contributed by atoms with Crippen LogP contribution in [0.5, 0.6) is 0 Å². The van der Waals surface area contributed by atoms with Crippen LogP contribution in [0.1, 0.15) is 24.2 Å². The van der Waals surface area contributed by atoms with Crippen LogP contribution in [-0.2, 0) is 19.6 Å². The SMILES string of the molecule is CCN(C(=O)C(C)OC(=O)c1ccc(NS(=O)(=O)c2cccs2)cc1)c1ccccc1. The summed E-state index contributed by atoms with van der Waals surface area (Å²) in [6, 6.07) is 18.1. The third-order valence-electron chi connectivity index (χ3n) is 4.41. The molecule has 0 saturated carbocycles. The number of hydrogen-bond donors (Lipinski definition) is 1. The predicted molar refractivity (Wildman–Crippen MR) is 121 cm³/mol. The average molecular weight is 459 g/mol. The highest BCUT2D eigenvalue weighted by Crippen LogP contribution is 2.21. The van der Waals surface area contributed by atoms with Crippen molar-refractivity contribution < 1.29 is 22.7 Å².